The summed E-state index contributed by atoms with van der Waals surface area (Å²) in [4.78, 5) is 13.4. The molecular weight excluding hydrogens is 1240 g/mol. The van der Waals surface area contributed by atoms with Crippen LogP contribution in [0.5, 0.6) is 0 Å². The molecule has 0 aromatic carbocycles. The molecule has 0 saturated carbocycles. The van der Waals surface area contributed by atoms with Crippen LogP contribution in [0.15, 0.2) is 134 Å². The fourth-order valence-electron chi connectivity index (χ4n) is 11.5. The highest BCUT2D eigenvalue weighted by Crippen LogP contribution is 2.33. The fourth-order valence-corrected chi connectivity index (χ4v) is 11.5. The van der Waals surface area contributed by atoms with Gasteiger partial charge < -0.3 is 89.9 Å². The van der Waals surface area contributed by atoms with E-state index in [0.717, 1.165) is 77.0 Å². The van der Waals surface area contributed by atoms with Gasteiger partial charge >= 0.3 is 0 Å². The molecule has 1 amide bonds. The number of aliphatic hydroxyl groups excluding tert-OH is 11. The van der Waals surface area contributed by atoms with Crippen LogP contribution in [0.3, 0.4) is 0 Å². The van der Waals surface area contributed by atoms with Crippen molar-refractivity contribution in [2.24, 2.45) is 0 Å². The number of carbonyl (C=O) groups excluding carboxylic acids is 1. The zero-order valence-corrected chi connectivity index (χ0v) is 58.7. The van der Waals surface area contributed by atoms with E-state index in [0.29, 0.717) is 19.3 Å². The number of rotatable bonds is 55. The van der Waals surface area contributed by atoms with E-state index in [-0.39, 0.29) is 12.3 Å². The van der Waals surface area contributed by atoms with Gasteiger partial charge in [-0.15, -0.1) is 0 Å². The molecular formula is C78H129NO18. The second kappa shape index (κ2) is 57.5. The van der Waals surface area contributed by atoms with E-state index >= 15 is 0 Å². The first kappa shape index (κ1) is 87.1. The van der Waals surface area contributed by atoms with Crippen molar-refractivity contribution >= 4 is 5.91 Å². The summed E-state index contributed by atoms with van der Waals surface area (Å²) in [6.07, 6.45) is 54.3. The van der Waals surface area contributed by atoms with Crippen LogP contribution in [0.1, 0.15) is 219 Å². The van der Waals surface area contributed by atoms with Crippen LogP contribution < -0.4 is 5.32 Å². The number of nitrogens with one attached hydrogen (secondary N) is 1. The Morgan fingerprint density at radius 2 is 0.722 bits per heavy atom. The molecule has 0 spiro atoms. The van der Waals surface area contributed by atoms with Gasteiger partial charge in [0.15, 0.2) is 18.9 Å². The van der Waals surface area contributed by atoms with E-state index in [4.69, 9.17) is 28.4 Å². The van der Waals surface area contributed by atoms with Gasteiger partial charge in [0.1, 0.15) is 73.2 Å². The van der Waals surface area contributed by atoms with Crippen LogP contribution in [-0.4, -0.2) is 193 Å². The molecule has 17 atom stereocenters. The lowest BCUT2D eigenvalue weighted by Gasteiger charge is -2.48. The molecule has 97 heavy (non-hydrogen) atoms. The molecule has 19 heteroatoms. The lowest BCUT2D eigenvalue weighted by molar-refractivity contribution is -0.379. The number of aliphatic hydroxyl groups is 11. The average molecular weight is 1370 g/mol. The molecule has 3 fully saturated rings. The highest BCUT2D eigenvalue weighted by atomic mass is 16.8. The molecule has 0 aromatic heterocycles. The Bertz CT molecular complexity index is 2280. The van der Waals surface area contributed by atoms with E-state index in [1.165, 1.54) is 103 Å². The number of amides is 1. The van der Waals surface area contributed by atoms with Crippen molar-refractivity contribution in [3.63, 3.8) is 0 Å². The quantitative estimate of drug-likeness (QED) is 0.0199. The predicted molar refractivity (Wildman–Crippen MR) is 383 cm³/mol. The number of unbranched alkanes of at least 4 members (excludes halogenated alkanes) is 19. The molecule has 12 N–H and O–H groups in total. The third-order valence-corrected chi connectivity index (χ3v) is 17.4. The molecule has 554 valence electrons. The standard InChI is InChI=1S/C78H129NO18/c1-3-5-7-9-11-13-15-17-19-21-23-25-27-28-29-30-31-32-34-36-38-40-42-44-46-48-50-52-54-56-66(84)79-61(62(83)55-53-51-49-47-45-43-41-39-37-35-33-26-24-22-20-18-16-14-12-10-8-6-4-2)60-92-76-72(90)69(87)74(64(58-81)94-76)97-78-73(91)70(88)75(65(59-82)95-78)96-77-71(89)68(86)67(85)63(57-80)93-77/h5,7,11,13,17,19,23,25,28-29,31-32,36,38,42,44-45,47-48,50,53,55,61-65,67-78,80-83,85-91H,3-4,6,8-10,12,14-16,18,20-22,24,26-27,30,33-35,37,39-41,43,46,49,51-52,54,56-60H2,1-2H3,(H,79,84)/b7-5-,13-11-,19-17-,25-23-,29-28-,32-31-,38-36-,44-42-,47-45+,50-48-,55-53+. The van der Waals surface area contributed by atoms with Crippen molar-refractivity contribution in [1.82, 2.24) is 5.32 Å². The lowest BCUT2D eigenvalue weighted by Crippen LogP contribution is -2.66. The van der Waals surface area contributed by atoms with Crippen LogP contribution in [0.25, 0.3) is 0 Å². The molecule has 3 aliphatic rings. The van der Waals surface area contributed by atoms with Gasteiger partial charge in [-0.2, -0.15) is 0 Å². The van der Waals surface area contributed by atoms with Crippen LogP contribution in [0.4, 0.5) is 0 Å². The average Bonchev–Trinajstić information content (AvgIpc) is 0.789. The Morgan fingerprint density at radius 1 is 0.381 bits per heavy atom. The van der Waals surface area contributed by atoms with Gasteiger partial charge in [-0.05, 0) is 96.3 Å². The minimum atomic E-state index is -1.99. The summed E-state index contributed by atoms with van der Waals surface area (Å²) in [7, 11) is 0. The Kier molecular flexibility index (Phi) is 51.7. The summed E-state index contributed by atoms with van der Waals surface area (Å²) < 4.78 is 34.3. The summed E-state index contributed by atoms with van der Waals surface area (Å²) in [6, 6.07) is -1.03. The van der Waals surface area contributed by atoms with Gasteiger partial charge in [0.05, 0.1) is 38.6 Å². The third-order valence-electron chi connectivity index (χ3n) is 17.4. The number of carbonyl (C=O) groups is 1. The fraction of sp³-hybridized carbons (Fsp3) is 0.705. The summed E-state index contributed by atoms with van der Waals surface area (Å²) in [5, 5.41) is 121. The summed E-state index contributed by atoms with van der Waals surface area (Å²) in [6.45, 7) is 1.55. The Hall–Kier alpha value is -4.07. The maximum absolute atomic E-state index is 13.4. The van der Waals surface area contributed by atoms with Crippen molar-refractivity contribution in [2.45, 2.75) is 324 Å². The summed E-state index contributed by atoms with van der Waals surface area (Å²) in [5.74, 6) is -0.348. The van der Waals surface area contributed by atoms with Crippen LogP contribution >= 0.6 is 0 Å². The van der Waals surface area contributed by atoms with Crippen LogP contribution in [-0.2, 0) is 33.2 Å². The Morgan fingerprint density at radius 3 is 1.15 bits per heavy atom. The minimum absolute atomic E-state index is 0.146. The van der Waals surface area contributed by atoms with Gasteiger partial charge in [-0.25, -0.2) is 0 Å². The van der Waals surface area contributed by atoms with Gasteiger partial charge in [0, 0.05) is 6.42 Å². The summed E-state index contributed by atoms with van der Waals surface area (Å²) in [5.41, 5.74) is 0. The SMILES string of the molecule is CC/C=C\C/C=C\C/C=C\C/C=C\C/C=C\C/C=C\C/C=C\C/C=C\C/C=C\CCCC(=O)NC(COC1OC(CO)C(OC2OC(CO)C(OC3OC(CO)C(O)C(O)C3O)C(O)C2O)C(O)C1O)C(O)/C=C/CC/C=C/CCCCCCCCCCCCCCCCCCC. The highest BCUT2D eigenvalue weighted by Gasteiger charge is 2.53. The van der Waals surface area contributed by atoms with Gasteiger partial charge in [0.2, 0.25) is 5.91 Å². The first-order valence-electron chi connectivity index (χ1n) is 36.9. The van der Waals surface area contributed by atoms with Crippen LogP contribution in [0, 0.1) is 0 Å². The van der Waals surface area contributed by atoms with E-state index < -0.39 is 131 Å². The minimum Gasteiger partial charge on any atom is -0.394 e. The zero-order valence-electron chi connectivity index (χ0n) is 58.7. The summed E-state index contributed by atoms with van der Waals surface area (Å²) >= 11 is 0. The largest absolute Gasteiger partial charge is 0.394 e. The van der Waals surface area contributed by atoms with Crippen LogP contribution in [0.2, 0.25) is 0 Å². The molecule has 3 heterocycles. The van der Waals surface area contributed by atoms with E-state index in [1.54, 1.807) is 6.08 Å². The first-order valence-corrected chi connectivity index (χ1v) is 36.9. The predicted octanol–water partition coefficient (Wildman–Crippen LogP) is 10.9. The molecule has 3 saturated heterocycles. The van der Waals surface area contributed by atoms with E-state index in [2.05, 4.69) is 135 Å². The van der Waals surface area contributed by atoms with Gasteiger partial charge in [-0.1, -0.05) is 250 Å². The monoisotopic (exact) mass is 1370 g/mol. The van der Waals surface area contributed by atoms with E-state index in [1.807, 2.05) is 12.2 Å². The topological polar surface area (TPSA) is 307 Å². The van der Waals surface area contributed by atoms with Gasteiger partial charge in [-0.3, -0.25) is 4.79 Å². The van der Waals surface area contributed by atoms with Crippen molar-refractivity contribution < 1.29 is 89.4 Å². The lowest BCUT2D eigenvalue weighted by atomic mass is 9.96. The van der Waals surface area contributed by atoms with Crippen molar-refractivity contribution in [3.05, 3.63) is 134 Å². The van der Waals surface area contributed by atoms with Crippen molar-refractivity contribution in [2.75, 3.05) is 26.4 Å². The first-order chi connectivity index (χ1) is 47.3. The normalized spacial score (nSPS) is 27.7. The number of ether oxygens (including phenoxy) is 6. The number of hydrogen-bond donors (Lipinski definition) is 12. The molecule has 0 aliphatic carbocycles. The highest BCUT2D eigenvalue weighted by molar-refractivity contribution is 5.76. The molecule has 0 aromatic rings. The number of hydrogen-bond acceptors (Lipinski definition) is 18. The second-order valence-electron chi connectivity index (χ2n) is 25.7. The zero-order chi connectivity index (χ0) is 70.4. The number of allylic oxidation sites excluding steroid dienone is 21. The van der Waals surface area contributed by atoms with E-state index in [9.17, 15) is 61.0 Å². The molecule has 19 nitrogen and oxygen atoms in total. The van der Waals surface area contributed by atoms with Gasteiger partial charge in [0.25, 0.3) is 0 Å². The molecule has 0 bridgehead atoms. The Labute approximate surface area is 581 Å². The maximum atomic E-state index is 13.4. The molecule has 3 rings (SSSR count). The maximum Gasteiger partial charge on any atom is 0.220 e. The van der Waals surface area contributed by atoms with Crippen molar-refractivity contribution in [1.29, 1.82) is 0 Å². The smallest absolute Gasteiger partial charge is 0.220 e. The molecule has 17 unspecified atom stereocenters. The molecule has 3 aliphatic heterocycles. The Balaban J connectivity index is 1.46. The second-order valence-corrected chi connectivity index (χ2v) is 25.7. The molecule has 0 radical (unpaired) electrons. The third kappa shape index (κ3) is 38.5. The van der Waals surface area contributed by atoms with Crippen molar-refractivity contribution in [3.8, 4) is 0 Å².